The molecule has 0 radical (unpaired) electrons. The maximum Gasteiger partial charge on any atom is 0.0241 e. The lowest BCUT2D eigenvalue weighted by Gasteiger charge is -2.39. The van der Waals surface area contributed by atoms with Gasteiger partial charge in [-0.25, -0.2) is 0 Å². The molecule has 0 amide bonds. The number of likely N-dealkylation sites (tertiary alicyclic amines) is 1. The van der Waals surface area contributed by atoms with Gasteiger partial charge in [0, 0.05) is 5.54 Å². The highest BCUT2D eigenvalue weighted by Crippen LogP contribution is 2.38. The van der Waals surface area contributed by atoms with Crippen molar-refractivity contribution < 1.29 is 0 Å². The van der Waals surface area contributed by atoms with Crippen molar-refractivity contribution in [2.45, 2.75) is 38.6 Å². The van der Waals surface area contributed by atoms with E-state index in [1.54, 1.807) is 0 Å². The summed E-state index contributed by atoms with van der Waals surface area (Å²) in [5.74, 6) is 0.720. The van der Waals surface area contributed by atoms with Crippen LogP contribution in [0.15, 0.2) is 0 Å². The van der Waals surface area contributed by atoms with Crippen LogP contribution >= 0.6 is 0 Å². The van der Waals surface area contributed by atoms with E-state index in [0.717, 1.165) is 12.5 Å². The SMILES string of the molecule is CCC1(CC)C(CN)CCN1C. The van der Waals surface area contributed by atoms with Crippen molar-refractivity contribution in [3.05, 3.63) is 0 Å². The lowest BCUT2D eigenvalue weighted by Crippen LogP contribution is -2.47. The average molecular weight is 170 g/mol. The molecule has 0 aromatic heterocycles. The highest BCUT2D eigenvalue weighted by atomic mass is 15.2. The zero-order valence-corrected chi connectivity index (χ0v) is 8.64. The minimum atomic E-state index is 0.411. The van der Waals surface area contributed by atoms with Gasteiger partial charge in [0.05, 0.1) is 0 Å². The zero-order chi connectivity index (χ0) is 9.19. The first kappa shape index (κ1) is 10.0. The van der Waals surface area contributed by atoms with Gasteiger partial charge in [-0.3, -0.25) is 0 Å². The molecule has 2 N–H and O–H groups in total. The van der Waals surface area contributed by atoms with E-state index in [9.17, 15) is 0 Å². The fourth-order valence-electron chi connectivity index (χ4n) is 2.86. The van der Waals surface area contributed by atoms with E-state index >= 15 is 0 Å². The molecule has 2 heteroatoms. The van der Waals surface area contributed by atoms with Crippen molar-refractivity contribution in [2.75, 3.05) is 20.1 Å². The van der Waals surface area contributed by atoms with Crippen LogP contribution in [0.2, 0.25) is 0 Å². The van der Waals surface area contributed by atoms with Crippen molar-refractivity contribution >= 4 is 0 Å². The second kappa shape index (κ2) is 3.75. The molecule has 0 aromatic rings. The Morgan fingerprint density at radius 3 is 2.33 bits per heavy atom. The molecule has 1 fully saturated rings. The van der Waals surface area contributed by atoms with Gasteiger partial charge in [0.2, 0.25) is 0 Å². The van der Waals surface area contributed by atoms with E-state index in [4.69, 9.17) is 5.73 Å². The molecule has 1 aliphatic heterocycles. The first-order chi connectivity index (χ1) is 5.71. The lowest BCUT2D eigenvalue weighted by atomic mass is 9.80. The monoisotopic (exact) mass is 170 g/mol. The predicted molar refractivity (Wildman–Crippen MR) is 53.1 cm³/mol. The molecule has 1 aliphatic rings. The fourth-order valence-corrected chi connectivity index (χ4v) is 2.86. The quantitative estimate of drug-likeness (QED) is 0.694. The summed E-state index contributed by atoms with van der Waals surface area (Å²) in [6.07, 6.45) is 3.76. The summed E-state index contributed by atoms with van der Waals surface area (Å²) >= 11 is 0. The molecule has 1 atom stereocenters. The van der Waals surface area contributed by atoms with Crippen LogP contribution in [0.3, 0.4) is 0 Å². The van der Waals surface area contributed by atoms with E-state index in [1.807, 2.05) is 0 Å². The average Bonchev–Trinajstić information content (AvgIpc) is 2.42. The van der Waals surface area contributed by atoms with Gasteiger partial charge in [-0.2, -0.15) is 0 Å². The van der Waals surface area contributed by atoms with Gasteiger partial charge >= 0.3 is 0 Å². The molecule has 2 nitrogen and oxygen atoms in total. The van der Waals surface area contributed by atoms with Crippen LogP contribution in [0.5, 0.6) is 0 Å². The van der Waals surface area contributed by atoms with Crippen molar-refractivity contribution in [1.29, 1.82) is 0 Å². The Morgan fingerprint density at radius 2 is 2.00 bits per heavy atom. The minimum absolute atomic E-state index is 0.411. The van der Waals surface area contributed by atoms with Gasteiger partial charge in [0.15, 0.2) is 0 Å². The number of hydrogen-bond acceptors (Lipinski definition) is 2. The molecule has 1 saturated heterocycles. The van der Waals surface area contributed by atoms with Crippen LogP contribution < -0.4 is 5.73 Å². The van der Waals surface area contributed by atoms with Crippen LogP contribution in [0.25, 0.3) is 0 Å². The summed E-state index contributed by atoms with van der Waals surface area (Å²) in [5.41, 5.74) is 6.21. The van der Waals surface area contributed by atoms with Crippen LogP contribution in [0.1, 0.15) is 33.1 Å². The van der Waals surface area contributed by atoms with Gasteiger partial charge < -0.3 is 10.6 Å². The molecule has 0 aromatic carbocycles. The number of rotatable bonds is 3. The number of hydrogen-bond donors (Lipinski definition) is 1. The van der Waals surface area contributed by atoms with Gasteiger partial charge in [-0.1, -0.05) is 13.8 Å². The third kappa shape index (κ3) is 1.27. The molecule has 0 aliphatic carbocycles. The lowest BCUT2D eigenvalue weighted by molar-refractivity contribution is 0.119. The Labute approximate surface area is 76.1 Å². The molecule has 0 spiro atoms. The van der Waals surface area contributed by atoms with Crippen LogP contribution in [-0.4, -0.2) is 30.6 Å². The van der Waals surface area contributed by atoms with Gasteiger partial charge in [0.1, 0.15) is 0 Å². The van der Waals surface area contributed by atoms with E-state index in [1.165, 1.54) is 25.8 Å². The Bertz CT molecular complexity index is 141. The molecule has 72 valence electrons. The number of nitrogens with two attached hydrogens (primary N) is 1. The van der Waals surface area contributed by atoms with Crippen molar-refractivity contribution in [3.63, 3.8) is 0 Å². The van der Waals surface area contributed by atoms with E-state index in [2.05, 4.69) is 25.8 Å². The third-order valence-corrected chi connectivity index (χ3v) is 3.84. The van der Waals surface area contributed by atoms with Crippen LogP contribution in [0, 0.1) is 5.92 Å². The molecule has 1 rings (SSSR count). The summed E-state index contributed by atoms with van der Waals surface area (Å²) < 4.78 is 0. The summed E-state index contributed by atoms with van der Waals surface area (Å²) in [5, 5.41) is 0. The van der Waals surface area contributed by atoms with Crippen molar-refractivity contribution in [1.82, 2.24) is 4.90 Å². The molecule has 1 unspecified atom stereocenters. The Hall–Kier alpha value is -0.0800. The van der Waals surface area contributed by atoms with Crippen molar-refractivity contribution in [2.24, 2.45) is 11.7 Å². The van der Waals surface area contributed by atoms with Gasteiger partial charge in [0.25, 0.3) is 0 Å². The van der Waals surface area contributed by atoms with Crippen molar-refractivity contribution in [3.8, 4) is 0 Å². The molecule has 0 bridgehead atoms. The summed E-state index contributed by atoms with van der Waals surface area (Å²) in [7, 11) is 2.24. The maximum atomic E-state index is 5.80. The standard InChI is InChI=1S/C10H22N2/c1-4-10(5-2)9(8-11)6-7-12(10)3/h9H,4-8,11H2,1-3H3. The largest absolute Gasteiger partial charge is 0.330 e. The Balaban J connectivity index is 2.78. The van der Waals surface area contributed by atoms with E-state index in [-0.39, 0.29) is 0 Å². The normalized spacial score (nSPS) is 29.5. The third-order valence-electron chi connectivity index (χ3n) is 3.84. The van der Waals surface area contributed by atoms with E-state index in [0.29, 0.717) is 5.54 Å². The minimum Gasteiger partial charge on any atom is -0.330 e. The Morgan fingerprint density at radius 1 is 1.42 bits per heavy atom. The van der Waals surface area contributed by atoms with E-state index < -0.39 is 0 Å². The first-order valence-electron chi connectivity index (χ1n) is 5.12. The summed E-state index contributed by atoms with van der Waals surface area (Å²) in [6, 6.07) is 0. The van der Waals surface area contributed by atoms with Gasteiger partial charge in [-0.05, 0) is 45.3 Å². The molecule has 1 heterocycles. The Kier molecular flexibility index (Phi) is 3.13. The second-order valence-corrected chi connectivity index (χ2v) is 3.95. The summed E-state index contributed by atoms with van der Waals surface area (Å²) in [6.45, 7) is 6.65. The highest BCUT2D eigenvalue weighted by molar-refractivity contribution is 4.99. The number of nitrogens with zero attached hydrogens (tertiary/aromatic N) is 1. The predicted octanol–water partition coefficient (Wildman–Crippen LogP) is 1.46. The second-order valence-electron chi connectivity index (χ2n) is 3.95. The molecular weight excluding hydrogens is 148 g/mol. The van der Waals surface area contributed by atoms with Crippen LogP contribution in [0.4, 0.5) is 0 Å². The highest BCUT2D eigenvalue weighted by Gasteiger charge is 2.42. The summed E-state index contributed by atoms with van der Waals surface area (Å²) in [4.78, 5) is 2.50. The maximum absolute atomic E-state index is 5.80. The molecule has 12 heavy (non-hydrogen) atoms. The van der Waals surface area contributed by atoms with Gasteiger partial charge in [-0.15, -0.1) is 0 Å². The van der Waals surface area contributed by atoms with Crippen LogP contribution in [-0.2, 0) is 0 Å². The zero-order valence-electron chi connectivity index (χ0n) is 8.64. The fraction of sp³-hybridized carbons (Fsp3) is 1.00. The first-order valence-corrected chi connectivity index (χ1v) is 5.12. The smallest absolute Gasteiger partial charge is 0.0241 e. The molecule has 0 saturated carbocycles. The topological polar surface area (TPSA) is 29.3 Å². The molecular formula is C10H22N2.